The SMILES string of the molecule is Cc1ccc(/C=C/c2nc3sc(C(=O)O)c(-c4ccccc4)n3c(=O)c2C)cc1. The lowest BCUT2D eigenvalue weighted by Gasteiger charge is -2.05. The Hall–Kier alpha value is -3.51. The summed E-state index contributed by atoms with van der Waals surface area (Å²) in [6.45, 7) is 3.73. The second kappa shape index (κ2) is 7.48. The standard InChI is InChI=1S/C23H18N2O3S/c1-14-8-10-16(11-9-14)12-13-18-15(2)21(26)25-19(17-6-4-3-5-7-17)20(22(27)28)29-23(25)24-18/h3-13H,1-2H3,(H,27,28)/b13-12+. The zero-order valence-corrected chi connectivity index (χ0v) is 16.7. The second-order valence-electron chi connectivity index (χ2n) is 6.74. The second-order valence-corrected chi connectivity index (χ2v) is 7.72. The monoisotopic (exact) mass is 402 g/mol. The van der Waals surface area contributed by atoms with Crippen molar-refractivity contribution in [2.24, 2.45) is 0 Å². The molecule has 0 aliphatic heterocycles. The third kappa shape index (κ3) is 3.50. The number of carboxylic acid groups (broad SMARTS) is 1. The highest BCUT2D eigenvalue weighted by atomic mass is 32.1. The van der Waals surface area contributed by atoms with Gasteiger partial charge in [-0.15, -0.1) is 0 Å². The van der Waals surface area contributed by atoms with Crippen LogP contribution in [0.2, 0.25) is 0 Å². The summed E-state index contributed by atoms with van der Waals surface area (Å²) in [5, 5.41) is 9.69. The summed E-state index contributed by atoms with van der Waals surface area (Å²) in [6.07, 6.45) is 3.69. The third-order valence-corrected chi connectivity index (χ3v) is 5.73. The number of carboxylic acids is 1. The molecule has 2 aromatic carbocycles. The van der Waals surface area contributed by atoms with E-state index in [9.17, 15) is 14.7 Å². The van der Waals surface area contributed by atoms with Gasteiger partial charge in [0.15, 0.2) is 4.96 Å². The number of aromatic carboxylic acids is 1. The molecule has 0 unspecified atom stereocenters. The molecule has 2 aromatic heterocycles. The van der Waals surface area contributed by atoms with Crippen molar-refractivity contribution in [1.82, 2.24) is 9.38 Å². The fraction of sp³-hybridized carbons (Fsp3) is 0.0870. The van der Waals surface area contributed by atoms with Gasteiger partial charge in [0.25, 0.3) is 5.56 Å². The molecule has 0 radical (unpaired) electrons. The number of rotatable bonds is 4. The van der Waals surface area contributed by atoms with Gasteiger partial charge in [0.1, 0.15) is 4.88 Å². The fourth-order valence-electron chi connectivity index (χ4n) is 3.12. The summed E-state index contributed by atoms with van der Waals surface area (Å²) < 4.78 is 1.40. The van der Waals surface area contributed by atoms with Gasteiger partial charge < -0.3 is 5.11 Å². The molecule has 0 saturated heterocycles. The minimum Gasteiger partial charge on any atom is -0.477 e. The van der Waals surface area contributed by atoms with Crippen LogP contribution in [0.15, 0.2) is 59.4 Å². The number of benzene rings is 2. The van der Waals surface area contributed by atoms with Crippen LogP contribution in [0.25, 0.3) is 28.4 Å². The number of fused-ring (bicyclic) bond motifs is 1. The molecule has 144 valence electrons. The minimum atomic E-state index is -1.08. The normalized spacial score (nSPS) is 11.4. The average Bonchev–Trinajstić information content (AvgIpc) is 3.11. The molecule has 0 fully saturated rings. The largest absolute Gasteiger partial charge is 0.477 e. The number of hydrogen-bond donors (Lipinski definition) is 1. The highest BCUT2D eigenvalue weighted by Crippen LogP contribution is 2.30. The molecule has 0 amide bonds. The number of nitrogens with zero attached hydrogens (tertiary/aromatic N) is 2. The van der Waals surface area contributed by atoms with Crippen LogP contribution >= 0.6 is 11.3 Å². The van der Waals surface area contributed by atoms with Crippen LogP contribution in [0.5, 0.6) is 0 Å². The molecule has 4 aromatic rings. The quantitative estimate of drug-likeness (QED) is 0.527. The van der Waals surface area contributed by atoms with Crippen molar-refractivity contribution < 1.29 is 9.90 Å². The van der Waals surface area contributed by atoms with Crippen LogP contribution in [0, 0.1) is 13.8 Å². The molecule has 0 saturated carbocycles. The molecule has 5 nitrogen and oxygen atoms in total. The Morgan fingerprint density at radius 3 is 2.38 bits per heavy atom. The third-order valence-electron chi connectivity index (χ3n) is 4.70. The van der Waals surface area contributed by atoms with Crippen LogP contribution in [0.4, 0.5) is 0 Å². The maximum atomic E-state index is 13.1. The predicted octanol–water partition coefficient (Wildman–Crippen LogP) is 4.91. The molecule has 4 rings (SSSR count). The van der Waals surface area contributed by atoms with Gasteiger partial charge in [-0.3, -0.25) is 4.79 Å². The van der Waals surface area contributed by atoms with Gasteiger partial charge in [-0.1, -0.05) is 77.6 Å². The summed E-state index contributed by atoms with van der Waals surface area (Å²) in [5.74, 6) is -1.08. The zero-order chi connectivity index (χ0) is 20.5. The van der Waals surface area contributed by atoms with E-state index < -0.39 is 5.97 Å². The number of carbonyl (C=O) groups is 1. The number of thiazole rings is 1. The van der Waals surface area contributed by atoms with Gasteiger partial charge in [0.2, 0.25) is 0 Å². The lowest BCUT2D eigenvalue weighted by Crippen LogP contribution is -2.19. The van der Waals surface area contributed by atoms with E-state index in [2.05, 4.69) is 4.98 Å². The molecule has 1 N–H and O–H groups in total. The van der Waals surface area contributed by atoms with Crippen molar-refractivity contribution in [2.75, 3.05) is 0 Å². The van der Waals surface area contributed by atoms with Crippen LogP contribution in [0.1, 0.15) is 32.1 Å². The molecule has 0 bridgehead atoms. The summed E-state index contributed by atoms with van der Waals surface area (Å²) in [5.41, 5.74) is 3.95. The van der Waals surface area contributed by atoms with E-state index in [0.29, 0.717) is 27.5 Å². The topological polar surface area (TPSA) is 71.7 Å². The van der Waals surface area contributed by atoms with Gasteiger partial charge in [0.05, 0.1) is 11.4 Å². The van der Waals surface area contributed by atoms with Crippen LogP contribution in [-0.4, -0.2) is 20.5 Å². The van der Waals surface area contributed by atoms with Crippen molar-refractivity contribution in [2.45, 2.75) is 13.8 Å². The minimum absolute atomic E-state index is 0.0971. The molecule has 0 aliphatic rings. The van der Waals surface area contributed by atoms with Crippen molar-refractivity contribution in [1.29, 1.82) is 0 Å². The van der Waals surface area contributed by atoms with Crippen molar-refractivity contribution in [3.8, 4) is 11.3 Å². The Bertz CT molecular complexity index is 1300. The number of aryl methyl sites for hydroxylation is 1. The summed E-state index contributed by atoms with van der Waals surface area (Å²) in [4.78, 5) is 30.0. The van der Waals surface area contributed by atoms with Gasteiger partial charge in [-0.2, -0.15) is 0 Å². The van der Waals surface area contributed by atoms with Gasteiger partial charge in [0, 0.05) is 11.1 Å². The molecule has 2 heterocycles. The highest BCUT2D eigenvalue weighted by Gasteiger charge is 2.22. The molecule has 6 heteroatoms. The van der Waals surface area contributed by atoms with E-state index in [1.54, 1.807) is 25.1 Å². The van der Waals surface area contributed by atoms with E-state index in [-0.39, 0.29) is 10.4 Å². The van der Waals surface area contributed by atoms with Gasteiger partial charge in [-0.25, -0.2) is 14.2 Å². The van der Waals surface area contributed by atoms with E-state index in [1.807, 2.05) is 55.5 Å². The van der Waals surface area contributed by atoms with Crippen LogP contribution < -0.4 is 5.56 Å². The Labute approximate surface area is 171 Å². The first-order valence-corrected chi connectivity index (χ1v) is 9.87. The molecule has 0 atom stereocenters. The molecule has 29 heavy (non-hydrogen) atoms. The fourth-order valence-corrected chi connectivity index (χ4v) is 4.11. The maximum absolute atomic E-state index is 13.1. The lowest BCUT2D eigenvalue weighted by molar-refractivity contribution is 0.0702. The Kier molecular flexibility index (Phi) is 4.86. The first-order chi connectivity index (χ1) is 14.0. The zero-order valence-electron chi connectivity index (χ0n) is 15.9. The first kappa shape index (κ1) is 18.8. The van der Waals surface area contributed by atoms with Crippen molar-refractivity contribution in [3.63, 3.8) is 0 Å². The summed E-state index contributed by atoms with van der Waals surface area (Å²) >= 11 is 1.01. The van der Waals surface area contributed by atoms with Crippen molar-refractivity contribution in [3.05, 3.63) is 92.2 Å². The number of aromatic nitrogens is 2. The van der Waals surface area contributed by atoms with E-state index in [1.165, 1.54) is 9.96 Å². The Morgan fingerprint density at radius 1 is 1.03 bits per heavy atom. The lowest BCUT2D eigenvalue weighted by atomic mass is 10.1. The number of hydrogen-bond acceptors (Lipinski definition) is 4. The highest BCUT2D eigenvalue weighted by molar-refractivity contribution is 7.19. The smallest absolute Gasteiger partial charge is 0.348 e. The predicted molar refractivity (Wildman–Crippen MR) is 117 cm³/mol. The average molecular weight is 402 g/mol. The van der Waals surface area contributed by atoms with E-state index in [4.69, 9.17) is 0 Å². The Morgan fingerprint density at radius 2 is 1.72 bits per heavy atom. The van der Waals surface area contributed by atoms with E-state index in [0.717, 1.165) is 16.9 Å². The van der Waals surface area contributed by atoms with Crippen LogP contribution in [0.3, 0.4) is 0 Å². The molecular weight excluding hydrogens is 384 g/mol. The summed E-state index contributed by atoms with van der Waals surface area (Å²) in [6, 6.07) is 17.1. The van der Waals surface area contributed by atoms with Crippen molar-refractivity contribution >= 4 is 34.4 Å². The Balaban J connectivity index is 1.91. The molecule has 0 spiro atoms. The maximum Gasteiger partial charge on any atom is 0.348 e. The molecule has 0 aliphatic carbocycles. The van der Waals surface area contributed by atoms with Crippen LogP contribution in [-0.2, 0) is 0 Å². The van der Waals surface area contributed by atoms with Gasteiger partial charge in [-0.05, 0) is 25.5 Å². The van der Waals surface area contributed by atoms with E-state index >= 15 is 0 Å². The molecular formula is C23H18N2O3S. The first-order valence-electron chi connectivity index (χ1n) is 9.05. The van der Waals surface area contributed by atoms with Gasteiger partial charge >= 0.3 is 5.97 Å². The summed E-state index contributed by atoms with van der Waals surface area (Å²) in [7, 11) is 0.